The van der Waals surface area contributed by atoms with Gasteiger partial charge in [0.15, 0.2) is 0 Å². The Morgan fingerprint density at radius 2 is 2.22 bits per heavy atom. The molecule has 5 nitrogen and oxygen atoms in total. The van der Waals surface area contributed by atoms with Gasteiger partial charge in [-0.1, -0.05) is 13.2 Å². The molecule has 3 unspecified atom stereocenters. The molecule has 1 aliphatic carbocycles. The van der Waals surface area contributed by atoms with E-state index in [1.54, 1.807) is 6.82 Å². The van der Waals surface area contributed by atoms with Crippen LogP contribution in [-0.4, -0.2) is 42.1 Å². The Hall–Kier alpha value is -0.585. The fourth-order valence-electron chi connectivity index (χ4n) is 2.96. The van der Waals surface area contributed by atoms with Gasteiger partial charge >= 0.3 is 5.97 Å². The van der Waals surface area contributed by atoms with E-state index in [0.29, 0.717) is 18.9 Å². The lowest BCUT2D eigenvalue weighted by Gasteiger charge is -2.41. The molecule has 0 heterocycles. The van der Waals surface area contributed by atoms with Crippen LogP contribution in [0.2, 0.25) is 13.1 Å². The molecule has 0 aliphatic heterocycles. The van der Waals surface area contributed by atoms with Gasteiger partial charge in [0.05, 0.1) is 0 Å². The Balaban J connectivity index is 2.65. The molecule has 0 radical (unpaired) electrons. The quantitative estimate of drug-likeness (QED) is 0.516. The summed E-state index contributed by atoms with van der Waals surface area (Å²) in [6.07, 6.45) is 3.94. The van der Waals surface area contributed by atoms with E-state index in [-0.39, 0.29) is 12.8 Å². The first-order chi connectivity index (χ1) is 8.40. The minimum absolute atomic E-state index is 0.0113. The molecule has 0 bridgehead atoms. The number of carbonyl (C=O) groups is 1. The second-order valence-corrected chi connectivity index (χ2v) is 5.67. The summed E-state index contributed by atoms with van der Waals surface area (Å²) in [4.78, 5) is 11.4. The summed E-state index contributed by atoms with van der Waals surface area (Å²) in [5, 5.41) is 21.7. The maximum atomic E-state index is 11.4. The van der Waals surface area contributed by atoms with Crippen molar-refractivity contribution in [3.05, 3.63) is 0 Å². The number of aliphatic carboxylic acids is 1. The van der Waals surface area contributed by atoms with E-state index < -0.39 is 11.5 Å². The fourth-order valence-corrected chi connectivity index (χ4v) is 2.96. The smallest absolute Gasteiger partial charge is 0.324 e. The van der Waals surface area contributed by atoms with E-state index >= 15 is 0 Å². The summed E-state index contributed by atoms with van der Waals surface area (Å²) in [7, 11) is 1.82. The van der Waals surface area contributed by atoms with E-state index in [0.717, 1.165) is 25.6 Å². The van der Waals surface area contributed by atoms with Gasteiger partial charge in [0, 0.05) is 5.92 Å². The average molecular weight is 256 g/mol. The molecule has 18 heavy (non-hydrogen) atoms. The summed E-state index contributed by atoms with van der Waals surface area (Å²) < 4.78 is 0. The van der Waals surface area contributed by atoms with Crippen LogP contribution in [0.3, 0.4) is 0 Å². The summed E-state index contributed by atoms with van der Waals surface area (Å²) >= 11 is 0. The Labute approximate surface area is 109 Å². The maximum absolute atomic E-state index is 11.4. The van der Waals surface area contributed by atoms with Crippen molar-refractivity contribution in [3.63, 3.8) is 0 Å². The minimum atomic E-state index is -1.12. The largest absolute Gasteiger partial charge is 0.480 e. The van der Waals surface area contributed by atoms with Crippen LogP contribution in [0.15, 0.2) is 0 Å². The highest BCUT2D eigenvalue weighted by Crippen LogP contribution is 2.37. The summed E-state index contributed by atoms with van der Waals surface area (Å²) in [6, 6.07) is 0. The Kier molecular flexibility index (Phi) is 5.62. The third-order valence-electron chi connectivity index (χ3n) is 4.12. The summed E-state index contributed by atoms with van der Waals surface area (Å²) in [5.74, 6) is -0.596. The lowest BCUT2D eigenvalue weighted by atomic mass is 9.62. The number of carboxylic acid groups (broad SMARTS) is 1. The number of hydrogen-bond donors (Lipinski definition) is 4. The minimum Gasteiger partial charge on any atom is -0.480 e. The van der Waals surface area contributed by atoms with Crippen molar-refractivity contribution in [1.82, 2.24) is 5.32 Å². The van der Waals surface area contributed by atoms with Crippen molar-refractivity contribution in [1.29, 1.82) is 0 Å². The third kappa shape index (κ3) is 3.70. The van der Waals surface area contributed by atoms with Crippen LogP contribution in [0, 0.1) is 11.8 Å². The lowest BCUT2D eigenvalue weighted by molar-refractivity contribution is -0.148. The van der Waals surface area contributed by atoms with E-state index in [4.69, 9.17) is 5.73 Å². The monoisotopic (exact) mass is 256 g/mol. The molecule has 3 atom stereocenters. The highest BCUT2D eigenvalue weighted by molar-refractivity contribution is 6.48. The molecule has 0 aromatic rings. The topological polar surface area (TPSA) is 95.6 Å². The van der Waals surface area contributed by atoms with Gasteiger partial charge in [-0.05, 0) is 45.1 Å². The van der Waals surface area contributed by atoms with Crippen LogP contribution < -0.4 is 11.1 Å². The van der Waals surface area contributed by atoms with Gasteiger partial charge in [0.1, 0.15) is 5.54 Å². The zero-order valence-corrected chi connectivity index (χ0v) is 11.4. The molecule has 0 aromatic heterocycles. The van der Waals surface area contributed by atoms with E-state index in [9.17, 15) is 14.9 Å². The van der Waals surface area contributed by atoms with Crippen LogP contribution >= 0.6 is 0 Å². The fraction of sp³-hybridized carbons (Fsp3) is 0.917. The molecular weight excluding hydrogens is 231 g/mol. The molecular formula is C12H25BN2O3. The van der Waals surface area contributed by atoms with Crippen molar-refractivity contribution >= 4 is 12.9 Å². The van der Waals surface area contributed by atoms with Gasteiger partial charge < -0.3 is 21.2 Å². The van der Waals surface area contributed by atoms with Crippen LogP contribution in [0.4, 0.5) is 0 Å². The lowest BCUT2D eigenvalue weighted by Crippen LogP contribution is -2.59. The van der Waals surface area contributed by atoms with Crippen LogP contribution in [0.25, 0.3) is 0 Å². The predicted molar refractivity (Wildman–Crippen MR) is 72.6 cm³/mol. The SMILES string of the molecule is CNCC1CCC(CCB(C)O)CC1(N)C(=O)O. The van der Waals surface area contributed by atoms with Gasteiger partial charge in [-0.25, -0.2) is 0 Å². The number of nitrogens with one attached hydrogen (secondary N) is 1. The number of rotatable bonds is 6. The van der Waals surface area contributed by atoms with Crippen LogP contribution in [-0.2, 0) is 4.79 Å². The first-order valence-electron chi connectivity index (χ1n) is 6.75. The molecule has 104 valence electrons. The Morgan fingerprint density at radius 3 is 2.72 bits per heavy atom. The zero-order chi connectivity index (χ0) is 13.8. The van der Waals surface area contributed by atoms with Gasteiger partial charge in [-0.15, -0.1) is 0 Å². The molecule has 1 saturated carbocycles. The molecule has 0 saturated heterocycles. The normalized spacial score (nSPS) is 32.2. The molecule has 1 aliphatic rings. The molecule has 6 heteroatoms. The van der Waals surface area contributed by atoms with Crippen molar-refractivity contribution in [2.45, 2.75) is 44.4 Å². The number of hydrogen-bond acceptors (Lipinski definition) is 4. The van der Waals surface area contributed by atoms with E-state index in [1.807, 2.05) is 7.05 Å². The number of carboxylic acids is 1. The summed E-state index contributed by atoms with van der Waals surface area (Å²) in [5.41, 5.74) is 5.01. The van der Waals surface area contributed by atoms with Crippen LogP contribution in [0.1, 0.15) is 25.7 Å². The molecule has 1 fully saturated rings. The second kappa shape index (κ2) is 6.54. The van der Waals surface area contributed by atoms with Crippen molar-refractivity contribution in [3.8, 4) is 0 Å². The van der Waals surface area contributed by atoms with E-state index in [2.05, 4.69) is 5.32 Å². The van der Waals surface area contributed by atoms with Gasteiger partial charge in [-0.2, -0.15) is 0 Å². The number of nitrogens with two attached hydrogens (primary N) is 1. The highest BCUT2D eigenvalue weighted by Gasteiger charge is 2.46. The third-order valence-corrected chi connectivity index (χ3v) is 4.12. The Bertz CT molecular complexity index is 288. The molecule has 0 amide bonds. The zero-order valence-electron chi connectivity index (χ0n) is 11.4. The molecule has 0 aromatic carbocycles. The Morgan fingerprint density at radius 1 is 1.56 bits per heavy atom. The van der Waals surface area contributed by atoms with Gasteiger partial charge in [0.2, 0.25) is 0 Å². The first-order valence-corrected chi connectivity index (χ1v) is 6.75. The first kappa shape index (κ1) is 15.5. The van der Waals surface area contributed by atoms with Crippen molar-refractivity contribution in [2.75, 3.05) is 13.6 Å². The molecule has 0 spiro atoms. The second-order valence-electron chi connectivity index (χ2n) is 5.67. The van der Waals surface area contributed by atoms with E-state index in [1.165, 1.54) is 0 Å². The van der Waals surface area contributed by atoms with Crippen molar-refractivity contribution < 1.29 is 14.9 Å². The molecule has 5 N–H and O–H groups in total. The van der Waals surface area contributed by atoms with Gasteiger partial charge in [0.25, 0.3) is 6.92 Å². The summed E-state index contributed by atoms with van der Waals surface area (Å²) in [6.45, 7) is 2.09. The average Bonchev–Trinajstić information content (AvgIpc) is 2.29. The standard InChI is InChI=1S/C12H25BN2O3/c1-13(18)6-5-9-3-4-10(8-15-2)12(14,7-9)11(16)17/h9-10,15,18H,3-8,14H2,1-2H3,(H,16,17). The highest BCUT2D eigenvalue weighted by atomic mass is 16.4. The predicted octanol–water partition coefficient (Wildman–Crippen LogP) is 0.408. The molecule has 1 rings (SSSR count). The van der Waals surface area contributed by atoms with Crippen LogP contribution in [0.5, 0.6) is 0 Å². The van der Waals surface area contributed by atoms with Gasteiger partial charge in [-0.3, -0.25) is 4.79 Å². The maximum Gasteiger partial charge on any atom is 0.324 e. The van der Waals surface area contributed by atoms with Crippen molar-refractivity contribution in [2.24, 2.45) is 17.6 Å².